The summed E-state index contributed by atoms with van der Waals surface area (Å²) >= 11 is 0.892. The second-order valence-electron chi connectivity index (χ2n) is 4.88. The Kier molecular flexibility index (Phi) is 4.07. The van der Waals surface area contributed by atoms with Gasteiger partial charge >= 0.3 is 6.18 Å². The van der Waals surface area contributed by atoms with Crippen molar-refractivity contribution in [2.45, 2.75) is 44.4 Å². The summed E-state index contributed by atoms with van der Waals surface area (Å²) in [5.41, 5.74) is 5.75. The third-order valence-electron chi connectivity index (χ3n) is 2.77. The van der Waals surface area contributed by atoms with Crippen LogP contribution in [0.3, 0.4) is 0 Å². The summed E-state index contributed by atoms with van der Waals surface area (Å²) in [5.74, 6) is -0.352. The van der Waals surface area contributed by atoms with Crippen molar-refractivity contribution in [2.24, 2.45) is 0 Å². The molecule has 0 aromatic carbocycles. The Labute approximate surface area is 117 Å². The number of anilines is 2. The van der Waals surface area contributed by atoms with Crippen LogP contribution >= 0.6 is 11.5 Å². The van der Waals surface area contributed by atoms with Crippen LogP contribution in [0.15, 0.2) is 0 Å². The fraction of sp³-hybridized carbons (Fsp3) is 0.636. The average molecular weight is 308 g/mol. The predicted octanol–water partition coefficient (Wildman–Crippen LogP) is 2.37. The lowest BCUT2D eigenvalue weighted by atomic mass is 10.2. The smallest absolute Gasteiger partial charge is 0.382 e. The Morgan fingerprint density at radius 2 is 2.20 bits per heavy atom. The first kappa shape index (κ1) is 14.9. The fourth-order valence-electron chi connectivity index (χ4n) is 1.73. The van der Waals surface area contributed by atoms with Crippen LogP contribution in [-0.4, -0.2) is 28.5 Å². The number of alkyl halides is 3. The highest BCUT2D eigenvalue weighted by molar-refractivity contribution is 7.11. The van der Waals surface area contributed by atoms with Gasteiger partial charge in [0.05, 0.1) is 6.42 Å². The molecule has 0 bridgehead atoms. The first-order chi connectivity index (χ1) is 9.26. The van der Waals surface area contributed by atoms with Crippen LogP contribution in [0.5, 0.6) is 0 Å². The quantitative estimate of drug-likeness (QED) is 0.780. The number of aromatic nitrogens is 1. The van der Waals surface area contributed by atoms with Gasteiger partial charge in [-0.3, -0.25) is 4.79 Å². The highest BCUT2D eigenvalue weighted by Crippen LogP contribution is 2.30. The Bertz CT molecular complexity index is 498. The van der Waals surface area contributed by atoms with E-state index in [9.17, 15) is 18.0 Å². The molecule has 9 heteroatoms. The third-order valence-corrected chi connectivity index (χ3v) is 3.57. The number of hydrogen-bond donors (Lipinski definition) is 3. The van der Waals surface area contributed by atoms with Crippen LogP contribution in [0, 0.1) is 0 Å². The number of hydrogen-bond acceptors (Lipinski definition) is 5. The lowest BCUT2D eigenvalue weighted by molar-refractivity contribution is -0.136. The zero-order valence-electron chi connectivity index (χ0n) is 10.8. The molecule has 5 nitrogen and oxygen atoms in total. The standard InChI is InChI=1S/C11H15F3N4OS/c1-5(4-11(12,13)14)16-10-7(8(15)18-20-10)9(19)17-6-2-3-6/h5-6,16H,2-4H2,1H3,(H2,15,18)(H,17,19). The van der Waals surface area contributed by atoms with Crippen LogP contribution < -0.4 is 16.4 Å². The predicted molar refractivity (Wildman–Crippen MR) is 70.8 cm³/mol. The molecule has 112 valence electrons. The number of nitrogens with zero attached hydrogens (tertiary/aromatic N) is 1. The van der Waals surface area contributed by atoms with E-state index in [0.29, 0.717) is 0 Å². The SMILES string of the molecule is CC(CC(F)(F)F)Nc1snc(N)c1C(=O)NC1CC1. The number of carbonyl (C=O) groups excluding carboxylic acids is 1. The summed E-state index contributed by atoms with van der Waals surface area (Å²) in [5, 5.41) is 5.68. The zero-order chi connectivity index (χ0) is 14.9. The van der Waals surface area contributed by atoms with Gasteiger partial charge in [-0.15, -0.1) is 0 Å². The maximum Gasteiger partial charge on any atom is 0.391 e. The van der Waals surface area contributed by atoms with Gasteiger partial charge in [-0.05, 0) is 31.3 Å². The van der Waals surface area contributed by atoms with E-state index in [1.165, 1.54) is 6.92 Å². The maximum atomic E-state index is 12.3. The Hall–Kier alpha value is -1.51. The maximum absolute atomic E-state index is 12.3. The van der Waals surface area contributed by atoms with Gasteiger partial charge in [-0.2, -0.15) is 17.5 Å². The molecule has 2 rings (SSSR count). The van der Waals surface area contributed by atoms with Crippen molar-refractivity contribution < 1.29 is 18.0 Å². The normalized spacial score (nSPS) is 16.8. The van der Waals surface area contributed by atoms with Crippen molar-refractivity contribution in [1.82, 2.24) is 9.69 Å². The average Bonchev–Trinajstić information content (AvgIpc) is 3.00. The summed E-state index contributed by atoms with van der Waals surface area (Å²) in [6.07, 6.45) is -3.43. The minimum absolute atomic E-state index is 0.0369. The second kappa shape index (κ2) is 5.47. The Morgan fingerprint density at radius 1 is 1.55 bits per heavy atom. The van der Waals surface area contributed by atoms with E-state index >= 15 is 0 Å². The lowest BCUT2D eigenvalue weighted by Crippen LogP contribution is -2.28. The molecular formula is C11H15F3N4OS. The van der Waals surface area contributed by atoms with E-state index in [-0.39, 0.29) is 28.3 Å². The molecule has 4 N–H and O–H groups in total. The zero-order valence-corrected chi connectivity index (χ0v) is 11.6. The monoisotopic (exact) mass is 308 g/mol. The van der Waals surface area contributed by atoms with Crippen LogP contribution in [0.1, 0.15) is 36.5 Å². The molecule has 1 aromatic heterocycles. The third kappa shape index (κ3) is 3.99. The Morgan fingerprint density at radius 3 is 2.75 bits per heavy atom. The van der Waals surface area contributed by atoms with Gasteiger partial charge in [0.15, 0.2) is 5.82 Å². The summed E-state index contributed by atoms with van der Waals surface area (Å²) in [6.45, 7) is 1.39. The van der Waals surface area contributed by atoms with E-state index < -0.39 is 18.6 Å². The minimum Gasteiger partial charge on any atom is -0.382 e. The number of nitrogens with two attached hydrogens (primary N) is 1. The molecule has 0 saturated heterocycles. The molecule has 1 saturated carbocycles. The van der Waals surface area contributed by atoms with Gasteiger partial charge in [0.2, 0.25) is 0 Å². The first-order valence-electron chi connectivity index (χ1n) is 6.15. The van der Waals surface area contributed by atoms with Crippen molar-refractivity contribution in [2.75, 3.05) is 11.1 Å². The Balaban J connectivity index is 2.05. The molecule has 1 fully saturated rings. The number of carbonyl (C=O) groups is 1. The molecular weight excluding hydrogens is 293 g/mol. The van der Waals surface area contributed by atoms with Crippen molar-refractivity contribution in [3.8, 4) is 0 Å². The molecule has 1 amide bonds. The van der Waals surface area contributed by atoms with E-state index in [1.807, 2.05) is 0 Å². The summed E-state index contributed by atoms with van der Waals surface area (Å²) in [7, 11) is 0. The minimum atomic E-state index is -4.26. The fourth-order valence-corrected chi connectivity index (χ4v) is 2.55. The summed E-state index contributed by atoms with van der Waals surface area (Å²) in [6, 6.07) is -0.718. The highest BCUT2D eigenvalue weighted by Gasteiger charge is 2.32. The molecule has 1 aliphatic rings. The van der Waals surface area contributed by atoms with Gasteiger partial charge in [0.25, 0.3) is 5.91 Å². The highest BCUT2D eigenvalue weighted by atomic mass is 32.1. The van der Waals surface area contributed by atoms with Gasteiger partial charge in [-0.1, -0.05) is 0 Å². The van der Waals surface area contributed by atoms with E-state index in [0.717, 1.165) is 24.4 Å². The number of nitrogen functional groups attached to an aromatic ring is 1. The van der Waals surface area contributed by atoms with Gasteiger partial charge in [-0.25, -0.2) is 0 Å². The lowest BCUT2D eigenvalue weighted by Gasteiger charge is -2.16. The van der Waals surface area contributed by atoms with Crippen LogP contribution in [0.25, 0.3) is 0 Å². The molecule has 1 aromatic rings. The molecule has 1 unspecified atom stereocenters. The second-order valence-corrected chi connectivity index (χ2v) is 5.66. The molecule has 20 heavy (non-hydrogen) atoms. The summed E-state index contributed by atoms with van der Waals surface area (Å²) in [4.78, 5) is 12.0. The van der Waals surface area contributed by atoms with Gasteiger partial charge in [0.1, 0.15) is 10.6 Å². The van der Waals surface area contributed by atoms with E-state index in [4.69, 9.17) is 5.73 Å². The van der Waals surface area contributed by atoms with Crippen LogP contribution in [0.4, 0.5) is 24.0 Å². The number of rotatable bonds is 5. The van der Waals surface area contributed by atoms with Crippen molar-refractivity contribution in [3.63, 3.8) is 0 Å². The molecule has 0 aliphatic heterocycles. The summed E-state index contributed by atoms with van der Waals surface area (Å²) < 4.78 is 40.7. The molecule has 1 atom stereocenters. The number of amides is 1. The number of nitrogens with one attached hydrogen (secondary N) is 2. The largest absolute Gasteiger partial charge is 0.391 e. The van der Waals surface area contributed by atoms with Crippen molar-refractivity contribution in [3.05, 3.63) is 5.56 Å². The first-order valence-corrected chi connectivity index (χ1v) is 6.93. The molecule has 0 spiro atoms. The number of halogens is 3. The van der Waals surface area contributed by atoms with Crippen molar-refractivity contribution in [1.29, 1.82) is 0 Å². The van der Waals surface area contributed by atoms with Crippen LogP contribution in [0.2, 0.25) is 0 Å². The molecule has 0 radical (unpaired) electrons. The van der Waals surface area contributed by atoms with Gasteiger partial charge in [0, 0.05) is 12.1 Å². The van der Waals surface area contributed by atoms with Gasteiger partial charge < -0.3 is 16.4 Å². The van der Waals surface area contributed by atoms with Crippen molar-refractivity contribution >= 4 is 28.3 Å². The van der Waals surface area contributed by atoms with E-state index in [2.05, 4.69) is 15.0 Å². The molecule has 1 aliphatic carbocycles. The topological polar surface area (TPSA) is 80.0 Å². The van der Waals surface area contributed by atoms with Crippen LogP contribution in [-0.2, 0) is 0 Å². The van der Waals surface area contributed by atoms with E-state index in [1.54, 1.807) is 0 Å². The molecule has 1 heterocycles.